The second-order valence-electron chi connectivity index (χ2n) is 8.41. The summed E-state index contributed by atoms with van der Waals surface area (Å²) in [4.78, 5) is 2.79. The van der Waals surface area contributed by atoms with Crippen molar-refractivity contribution in [3.05, 3.63) is 29.3 Å². The molecule has 3 rings (SSSR count). The highest BCUT2D eigenvalue weighted by atomic mass is 32.1. The summed E-state index contributed by atoms with van der Waals surface area (Å²) in [6.07, 6.45) is 6.52. The van der Waals surface area contributed by atoms with E-state index in [9.17, 15) is 0 Å². The molecule has 0 aliphatic carbocycles. The lowest BCUT2D eigenvalue weighted by Crippen LogP contribution is -2.58. The van der Waals surface area contributed by atoms with Crippen molar-refractivity contribution < 1.29 is 0 Å². The van der Waals surface area contributed by atoms with E-state index in [1.807, 2.05) is 0 Å². The number of rotatable bonds is 4. The molecule has 2 N–H and O–H groups in total. The normalized spacial score (nSPS) is 26.5. The molecule has 0 saturated carbocycles. The van der Waals surface area contributed by atoms with Gasteiger partial charge in [-0.15, -0.1) is 0 Å². The molecule has 4 heteroatoms. The molecule has 2 heterocycles. The SMILES string of the molecule is Cc1ccc(C)c(NC(=S)NC2C[C@@H]3CCC[C@@H](C2)N3CC(C)C)c1. The second-order valence-corrected chi connectivity index (χ2v) is 8.82. The van der Waals surface area contributed by atoms with E-state index in [-0.39, 0.29) is 0 Å². The second kappa shape index (κ2) is 8.05. The minimum atomic E-state index is 0.504. The number of anilines is 1. The van der Waals surface area contributed by atoms with E-state index < -0.39 is 0 Å². The van der Waals surface area contributed by atoms with Gasteiger partial charge in [0.1, 0.15) is 0 Å². The average Bonchev–Trinajstić information content (AvgIpc) is 2.51. The van der Waals surface area contributed by atoms with Gasteiger partial charge in [0, 0.05) is 30.4 Å². The predicted octanol–water partition coefficient (Wildman–Crippen LogP) is 4.63. The van der Waals surface area contributed by atoms with Crippen LogP contribution in [0.15, 0.2) is 18.2 Å². The maximum atomic E-state index is 5.61. The van der Waals surface area contributed by atoms with Crippen LogP contribution in [0.25, 0.3) is 0 Å². The number of nitrogens with one attached hydrogen (secondary N) is 2. The molecule has 1 aromatic carbocycles. The van der Waals surface area contributed by atoms with Gasteiger partial charge in [-0.05, 0) is 74.9 Å². The van der Waals surface area contributed by atoms with Crippen molar-refractivity contribution in [3.8, 4) is 0 Å². The van der Waals surface area contributed by atoms with E-state index in [0.717, 1.165) is 28.8 Å². The van der Waals surface area contributed by atoms with Crippen molar-refractivity contribution in [2.75, 3.05) is 11.9 Å². The summed E-state index contributed by atoms with van der Waals surface area (Å²) in [5.74, 6) is 0.750. The van der Waals surface area contributed by atoms with Crippen molar-refractivity contribution in [1.29, 1.82) is 0 Å². The maximum absolute atomic E-state index is 5.61. The van der Waals surface area contributed by atoms with Gasteiger partial charge in [0.25, 0.3) is 0 Å². The largest absolute Gasteiger partial charge is 0.360 e. The molecule has 2 aliphatic rings. The van der Waals surface area contributed by atoms with Crippen LogP contribution in [0.3, 0.4) is 0 Å². The molecule has 0 aromatic heterocycles. The maximum Gasteiger partial charge on any atom is 0.171 e. The first kappa shape index (κ1) is 18.7. The van der Waals surface area contributed by atoms with Crippen molar-refractivity contribution >= 4 is 23.0 Å². The number of hydrogen-bond acceptors (Lipinski definition) is 2. The highest BCUT2D eigenvalue weighted by Crippen LogP contribution is 2.34. The third kappa shape index (κ3) is 4.73. The Bertz CT molecular complexity index is 599. The zero-order chi connectivity index (χ0) is 18.0. The summed E-state index contributed by atoms with van der Waals surface area (Å²) in [6.45, 7) is 10.2. The molecule has 2 atom stereocenters. The van der Waals surface area contributed by atoms with E-state index in [4.69, 9.17) is 12.2 Å². The lowest BCUT2D eigenvalue weighted by Gasteiger charge is -2.49. The number of fused-ring (bicyclic) bond motifs is 2. The molecule has 2 bridgehead atoms. The zero-order valence-corrected chi connectivity index (χ0v) is 17.0. The van der Waals surface area contributed by atoms with Crippen LogP contribution in [0.2, 0.25) is 0 Å². The average molecular weight is 360 g/mol. The molecule has 0 amide bonds. The van der Waals surface area contributed by atoms with Crippen LogP contribution in [0.5, 0.6) is 0 Å². The highest BCUT2D eigenvalue weighted by Gasteiger charge is 2.38. The molecule has 2 aliphatic heterocycles. The Kier molecular flexibility index (Phi) is 6.00. The first-order chi connectivity index (χ1) is 11.9. The molecule has 138 valence electrons. The Morgan fingerprint density at radius 3 is 2.52 bits per heavy atom. The molecule has 25 heavy (non-hydrogen) atoms. The first-order valence-corrected chi connectivity index (χ1v) is 10.2. The molecule has 0 radical (unpaired) electrons. The standard InChI is InChI=1S/C21H33N3S/c1-14(2)13-24-18-6-5-7-19(24)12-17(11-18)22-21(25)23-20-10-15(3)8-9-16(20)4/h8-10,14,17-19H,5-7,11-13H2,1-4H3,(H2,22,23,25)/t18-,19-/m0/s1. The molecule has 2 saturated heterocycles. The molecule has 1 aromatic rings. The molecule has 0 unspecified atom stereocenters. The smallest absolute Gasteiger partial charge is 0.171 e. The summed E-state index contributed by atoms with van der Waals surface area (Å²) >= 11 is 5.61. The van der Waals surface area contributed by atoms with E-state index in [1.165, 1.54) is 49.8 Å². The summed E-state index contributed by atoms with van der Waals surface area (Å²) in [5, 5.41) is 7.80. The number of aryl methyl sites for hydroxylation is 2. The summed E-state index contributed by atoms with van der Waals surface area (Å²) in [6, 6.07) is 8.43. The topological polar surface area (TPSA) is 27.3 Å². The summed E-state index contributed by atoms with van der Waals surface area (Å²) in [5.41, 5.74) is 3.61. The fourth-order valence-corrected chi connectivity index (χ4v) is 4.81. The van der Waals surface area contributed by atoms with Crippen LogP contribution in [-0.2, 0) is 0 Å². The lowest BCUT2D eigenvalue weighted by atomic mass is 9.81. The Morgan fingerprint density at radius 1 is 1.20 bits per heavy atom. The first-order valence-electron chi connectivity index (χ1n) is 9.83. The van der Waals surface area contributed by atoms with Gasteiger partial charge in [-0.25, -0.2) is 0 Å². The van der Waals surface area contributed by atoms with Gasteiger partial charge in [-0.1, -0.05) is 32.4 Å². The van der Waals surface area contributed by atoms with Crippen LogP contribution in [0.1, 0.15) is 57.1 Å². The lowest BCUT2D eigenvalue weighted by molar-refractivity contribution is 0.0191. The Labute approximate surface area is 158 Å². The number of piperidine rings is 2. The number of nitrogens with zero attached hydrogens (tertiary/aromatic N) is 1. The molecule has 0 spiro atoms. The number of thiocarbonyl (C=S) groups is 1. The van der Waals surface area contributed by atoms with Gasteiger partial charge in [0.15, 0.2) is 5.11 Å². The fraction of sp³-hybridized carbons (Fsp3) is 0.667. The molecule has 2 fully saturated rings. The quantitative estimate of drug-likeness (QED) is 0.767. The van der Waals surface area contributed by atoms with Crippen LogP contribution in [-0.4, -0.2) is 34.7 Å². The Morgan fingerprint density at radius 2 is 1.88 bits per heavy atom. The Balaban J connectivity index is 1.58. The van der Waals surface area contributed by atoms with Crippen LogP contribution in [0.4, 0.5) is 5.69 Å². The van der Waals surface area contributed by atoms with Crippen molar-refractivity contribution in [1.82, 2.24) is 10.2 Å². The Hall–Kier alpha value is -1.13. The number of benzene rings is 1. The van der Waals surface area contributed by atoms with Gasteiger partial charge in [-0.2, -0.15) is 0 Å². The van der Waals surface area contributed by atoms with Gasteiger partial charge in [0.05, 0.1) is 0 Å². The highest BCUT2D eigenvalue weighted by molar-refractivity contribution is 7.80. The van der Waals surface area contributed by atoms with Gasteiger partial charge < -0.3 is 10.6 Å². The van der Waals surface area contributed by atoms with Crippen molar-refractivity contribution in [2.45, 2.75) is 77.9 Å². The monoisotopic (exact) mass is 359 g/mol. The third-order valence-electron chi connectivity index (χ3n) is 5.68. The van der Waals surface area contributed by atoms with E-state index in [2.05, 4.69) is 61.4 Å². The predicted molar refractivity (Wildman–Crippen MR) is 111 cm³/mol. The van der Waals surface area contributed by atoms with Crippen molar-refractivity contribution in [3.63, 3.8) is 0 Å². The van der Waals surface area contributed by atoms with Gasteiger partial charge in [-0.3, -0.25) is 4.90 Å². The van der Waals surface area contributed by atoms with Crippen LogP contribution >= 0.6 is 12.2 Å². The third-order valence-corrected chi connectivity index (χ3v) is 5.90. The van der Waals surface area contributed by atoms with E-state index >= 15 is 0 Å². The molecular weight excluding hydrogens is 326 g/mol. The van der Waals surface area contributed by atoms with Crippen LogP contribution in [0, 0.1) is 19.8 Å². The van der Waals surface area contributed by atoms with Gasteiger partial charge >= 0.3 is 0 Å². The fourth-order valence-electron chi connectivity index (χ4n) is 4.53. The molecule has 3 nitrogen and oxygen atoms in total. The summed E-state index contributed by atoms with van der Waals surface area (Å²) < 4.78 is 0. The zero-order valence-electron chi connectivity index (χ0n) is 16.1. The minimum Gasteiger partial charge on any atom is -0.360 e. The van der Waals surface area contributed by atoms with Crippen molar-refractivity contribution in [2.24, 2.45) is 5.92 Å². The minimum absolute atomic E-state index is 0.504. The van der Waals surface area contributed by atoms with E-state index in [0.29, 0.717) is 6.04 Å². The molecular formula is C21H33N3S. The van der Waals surface area contributed by atoms with E-state index in [1.54, 1.807) is 0 Å². The summed E-state index contributed by atoms with van der Waals surface area (Å²) in [7, 11) is 0. The van der Waals surface area contributed by atoms with Gasteiger partial charge in [0.2, 0.25) is 0 Å². The number of hydrogen-bond donors (Lipinski definition) is 2. The van der Waals surface area contributed by atoms with Crippen LogP contribution < -0.4 is 10.6 Å².